The summed E-state index contributed by atoms with van der Waals surface area (Å²) in [6.45, 7) is 4.08. The van der Waals surface area contributed by atoms with Crippen molar-refractivity contribution in [3.63, 3.8) is 0 Å². The first-order chi connectivity index (χ1) is 5.66. The number of halogens is 1. The van der Waals surface area contributed by atoms with Crippen LogP contribution in [0.3, 0.4) is 0 Å². The smallest absolute Gasteiger partial charge is 0.174 e. The monoisotopic (exact) mass is 232 g/mol. The highest BCUT2D eigenvalue weighted by Gasteiger charge is 2.18. The molecule has 3 heteroatoms. The Labute approximate surface area is 80.7 Å². The van der Waals surface area contributed by atoms with E-state index in [0.29, 0.717) is 4.67 Å². The second-order valence-electron chi connectivity index (χ2n) is 2.98. The van der Waals surface area contributed by atoms with Crippen molar-refractivity contribution in [2.24, 2.45) is 5.92 Å². The molecule has 0 radical (unpaired) electrons. The SMILES string of the molecule is CCC(C)C(O)c1ccoc1Br. The lowest BCUT2D eigenvalue weighted by molar-refractivity contribution is 0.114. The molecule has 0 aliphatic carbocycles. The zero-order valence-corrected chi connectivity index (χ0v) is 8.84. The van der Waals surface area contributed by atoms with Crippen LogP contribution in [0.2, 0.25) is 0 Å². The molecule has 0 saturated heterocycles. The number of furan rings is 1. The van der Waals surface area contributed by atoms with Gasteiger partial charge in [-0.3, -0.25) is 0 Å². The van der Waals surface area contributed by atoms with Gasteiger partial charge in [-0.1, -0.05) is 20.3 Å². The molecule has 2 unspecified atom stereocenters. The van der Waals surface area contributed by atoms with Crippen LogP contribution in [0, 0.1) is 5.92 Å². The number of aliphatic hydroxyl groups is 1. The van der Waals surface area contributed by atoms with Crippen molar-refractivity contribution in [3.8, 4) is 0 Å². The molecule has 1 aromatic rings. The summed E-state index contributed by atoms with van der Waals surface area (Å²) >= 11 is 3.24. The highest BCUT2D eigenvalue weighted by atomic mass is 79.9. The molecule has 0 bridgehead atoms. The van der Waals surface area contributed by atoms with Gasteiger partial charge in [0.1, 0.15) is 0 Å². The standard InChI is InChI=1S/C9H13BrO2/c1-3-6(2)8(11)7-4-5-12-9(7)10/h4-6,8,11H,3H2,1-2H3. The third-order valence-corrected chi connectivity index (χ3v) is 2.79. The topological polar surface area (TPSA) is 33.4 Å². The molecule has 2 nitrogen and oxygen atoms in total. The maximum absolute atomic E-state index is 9.77. The maximum atomic E-state index is 9.77. The molecule has 0 aromatic carbocycles. The normalized spacial score (nSPS) is 16.0. The first kappa shape index (κ1) is 9.81. The van der Waals surface area contributed by atoms with Gasteiger partial charge >= 0.3 is 0 Å². The molecule has 0 saturated carbocycles. The molecule has 1 aromatic heterocycles. The van der Waals surface area contributed by atoms with Crippen molar-refractivity contribution in [2.75, 3.05) is 0 Å². The Bertz CT molecular complexity index is 244. The number of rotatable bonds is 3. The fraction of sp³-hybridized carbons (Fsp3) is 0.556. The van der Waals surface area contributed by atoms with Gasteiger partial charge in [-0.05, 0) is 27.9 Å². The predicted octanol–water partition coefficient (Wildman–Crippen LogP) is 3.12. The Morgan fingerprint density at radius 3 is 2.75 bits per heavy atom. The molecular weight excluding hydrogens is 220 g/mol. The molecule has 2 atom stereocenters. The lowest BCUT2D eigenvalue weighted by Gasteiger charge is -2.15. The molecule has 0 spiro atoms. The van der Waals surface area contributed by atoms with E-state index in [0.717, 1.165) is 12.0 Å². The van der Waals surface area contributed by atoms with Crippen molar-refractivity contribution in [2.45, 2.75) is 26.4 Å². The van der Waals surface area contributed by atoms with Gasteiger partial charge < -0.3 is 9.52 Å². The van der Waals surface area contributed by atoms with E-state index in [4.69, 9.17) is 4.42 Å². The van der Waals surface area contributed by atoms with E-state index in [2.05, 4.69) is 22.9 Å². The summed E-state index contributed by atoms with van der Waals surface area (Å²) in [5.41, 5.74) is 0.837. The Kier molecular flexibility index (Phi) is 3.35. The quantitative estimate of drug-likeness (QED) is 0.869. The molecule has 0 aliphatic heterocycles. The molecule has 68 valence electrons. The summed E-state index contributed by atoms with van der Waals surface area (Å²) in [7, 11) is 0. The summed E-state index contributed by atoms with van der Waals surface area (Å²) in [6.07, 6.45) is 2.10. The van der Waals surface area contributed by atoms with E-state index in [1.54, 1.807) is 12.3 Å². The van der Waals surface area contributed by atoms with E-state index < -0.39 is 6.10 Å². The van der Waals surface area contributed by atoms with Crippen molar-refractivity contribution < 1.29 is 9.52 Å². The minimum absolute atomic E-state index is 0.263. The van der Waals surface area contributed by atoms with Crippen molar-refractivity contribution in [1.29, 1.82) is 0 Å². The van der Waals surface area contributed by atoms with E-state index in [-0.39, 0.29) is 5.92 Å². The minimum Gasteiger partial charge on any atom is -0.457 e. The van der Waals surface area contributed by atoms with Crippen LogP contribution in [0.25, 0.3) is 0 Å². The summed E-state index contributed by atoms with van der Waals surface area (Å²) in [6, 6.07) is 1.79. The van der Waals surface area contributed by atoms with Gasteiger partial charge in [0.15, 0.2) is 4.67 Å². The van der Waals surface area contributed by atoms with Gasteiger partial charge in [-0.2, -0.15) is 0 Å². The Balaban J connectivity index is 2.77. The van der Waals surface area contributed by atoms with Crippen LogP contribution < -0.4 is 0 Å². The van der Waals surface area contributed by atoms with Crippen molar-refractivity contribution >= 4 is 15.9 Å². The van der Waals surface area contributed by atoms with Crippen molar-refractivity contribution in [1.82, 2.24) is 0 Å². The first-order valence-corrected chi connectivity index (χ1v) is 4.87. The third kappa shape index (κ3) is 1.90. The van der Waals surface area contributed by atoms with Gasteiger partial charge in [0.05, 0.1) is 12.4 Å². The summed E-state index contributed by atoms with van der Waals surface area (Å²) in [4.78, 5) is 0. The molecule has 0 fully saturated rings. The van der Waals surface area contributed by atoms with Gasteiger partial charge in [0, 0.05) is 5.56 Å². The number of aliphatic hydroxyl groups excluding tert-OH is 1. The third-order valence-electron chi connectivity index (χ3n) is 2.15. The molecule has 0 amide bonds. The fourth-order valence-corrected chi connectivity index (χ4v) is 1.52. The summed E-state index contributed by atoms with van der Waals surface area (Å²) in [5.74, 6) is 0.263. The second-order valence-corrected chi connectivity index (χ2v) is 3.70. The zero-order valence-electron chi connectivity index (χ0n) is 7.25. The van der Waals surface area contributed by atoms with Crippen LogP contribution in [-0.2, 0) is 0 Å². The average Bonchev–Trinajstić information content (AvgIpc) is 2.48. The molecular formula is C9H13BrO2. The fourth-order valence-electron chi connectivity index (χ4n) is 1.05. The van der Waals surface area contributed by atoms with Crippen LogP contribution in [0.4, 0.5) is 0 Å². The molecule has 12 heavy (non-hydrogen) atoms. The molecule has 1 heterocycles. The Morgan fingerprint density at radius 1 is 1.67 bits per heavy atom. The zero-order chi connectivity index (χ0) is 9.14. The van der Waals surface area contributed by atoms with E-state index in [1.807, 2.05) is 6.92 Å². The van der Waals surface area contributed by atoms with Gasteiger partial charge in [-0.15, -0.1) is 0 Å². The van der Waals surface area contributed by atoms with Gasteiger partial charge in [-0.25, -0.2) is 0 Å². The van der Waals surface area contributed by atoms with Crippen LogP contribution in [0.5, 0.6) is 0 Å². The second kappa shape index (κ2) is 4.10. The first-order valence-electron chi connectivity index (χ1n) is 4.07. The predicted molar refractivity (Wildman–Crippen MR) is 50.8 cm³/mol. The molecule has 1 N–H and O–H groups in total. The van der Waals surface area contributed by atoms with E-state index in [1.165, 1.54) is 0 Å². The summed E-state index contributed by atoms with van der Waals surface area (Å²) < 4.78 is 5.67. The van der Waals surface area contributed by atoms with Gasteiger partial charge in [0.2, 0.25) is 0 Å². The lowest BCUT2D eigenvalue weighted by atomic mass is 9.97. The van der Waals surface area contributed by atoms with Crippen LogP contribution in [-0.4, -0.2) is 5.11 Å². The van der Waals surface area contributed by atoms with Gasteiger partial charge in [0.25, 0.3) is 0 Å². The minimum atomic E-state index is -0.428. The summed E-state index contributed by atoms with van der Waals surface area (Å²) in [5, 5.41) is 9.77. The Morgan fingerprint density at radius 2 is 2.33 bits per heavy atom. The molecule has 0 aliphatic rings. The highest BCUT2D eigenvalue weighted by Crippen LogP contribution is 2.30. The maximum Gasteiger partial charge on any atom is 0.174 e. The number of hydrogen-bond donors (Lipinski definition) is 1. The number of hydrogen-bond acceptors (Lipinski definition) is 2. The average molecular weight is 233 g/mol. The largest absolute Gasteiger partial charge is 0.457 e. The van der Waals surface area contributed by atoms with Crippen LogP contribution in [0.15, 0.2) is 21.4 Å². The Hall–Kier alpha value is -0.280. The van der Waals surface area contributed by atoms with Crippen LogP contribution >= 0.6 is 15.9 Å². The van der Waals surface area contributed by atoms with E-state index in [9.17, 15) is 5.11 Å². The van der Waals surface area contributed by atoms with E-state index >= 15 is 0 Å². The lowest BCUT2D eigenvalue weighted by Crippen LogP contribution is -2.07. The van der Waals surface area contributed by atoms with Crippen molar-refractivity contribution in [3.05, 3.63) is 22.6 Å². The highest BCUT2D eigenvalue weighted by molar-refractivity contribution is 9.10. The molecule has 1 rings (SSSR count). The van der Waals surface area contributed by atoms with Crippen LogP contribution in [0.1, 0.15) is 31.9 Å².